The lowest BCUT2D eigenvalue weighted by Gasteiger charge is -2.07. The van der Waals surface area contributed by atoms with Gasteiger partial charge in [-0.05, 0) is 45.4 Å². The normalized spacial score (nSPS) is 11.1. The van der Waals surface area contributed by atoms with Gasteiger partial charge in [0.15, 0.2) is 0 Å². The number of pyridine rings is 1. The van der Waals surface area contributed by atoms with Gasteiger partial charge in [0.2, 0.25) is 5.91 Å². The van der Waals surface area contributed by atoms with Gasteiger partial charge in [0.25, 0.3) is 0 Å². The first kappa shape index (κ1) is 18.3. The fourth-order valence-corrected chi connectivity index (χ4v) is 1.59. The van der Waals surface area contributed by atoms with Crippen LogP contribution in [0.5, 0.6) is 0 Å². The predicted molar refractivity (Wildman–Crippen MR) is 86.8 cm³/mol. The molecule has 0 aliphatic rings. The van der Waals surface area contributed by atoms with Crippen LogP contribution < -0.4 is 16.1 Å². The highest BCUT2D eigenvalue weighted by Crippen LogP contribution is 2.05. The fraction of sp³-hybridized carbons (Fsp3) is 0.400. The number of anilines is 1. The number of aryl methyl sites for hydroxylation is 1. The fourth-order valence-electron chi connectivity index (χ4n) is 1.59. The summed E-state index contributed by atoms with van der Waals surface area (Å²) in [6.45, 7) is 6.94. The molecule has 0 fully saturated rings. The van der Waals surface area contributed by atoms with Crippen LogP contribution in [0.4, 0.5) is 5.82 Å². The summed E-state index contributed by atoms with van der Waals surface area (Å²) in [4.78, 5) is 38.7. The number of aromatic nitrogens is 1. The summed E-state index contributed by atoms with van der Waals surface area (Å²) in [5.41, 5.74) is 3.45. The van der Waals surface area contributed by atoms with E-state index in [1.54, 1.807) is 33.0 Å². The van der Waals surface area contributed by atoms with E-state index in [1.165, 1.54) is 0 Å². The zero-order chi connectivity index (χ0) is 17.4. The molecule has 23 heavy (non-hydrogen) atoms. The molecule has 0 bridgehead atoms. The zero-order valence-electron chi connectivity index (χ0n) is 13.6. The molecular formula is C15H21N5O3. The van der Waals surface area contributed by atoms with Crippen molar-refractivity contribution in [2.45, 2.75) is 40.2 Å². The topological polar surface area (TPSA) is 113 Å². The summed E-state index contributed by atoms with van der Waals surface area (Å²) in [5.74, 6) is -1.52. The van der Waals surface area contributed by atoms with Crippen molar-refractivity contribution in [1.82, 2.24) is 15.7 Å². The van der Waals surface area contributed by atoms with Crippen molar-refractivity contribution in [3.63, 3.8) is 0 Å². The Morgan fingerprint density at radius 2 is 1.96 bits per heavy atom. The Bertz CT molecular complexity index is 625. The summed E-state index contributed by atoms with van der Waals surface area (Å²) < 4.78 is 0. The van der Waals surface area contributed by atoms with E-state index < -0.39 is 11.8 Å². The molecule has 3 amide bonds. The van der Waals surface area contributed by atoms with E-state index in [0.717, 1.165) is 5.56 Å². The molecule has 124 valence electrons. The standard InChI is InChI=1S/C15H21N5O3/c1-9(2)17-14(22)15(23)20-19-11(4)8-13(21)18-12-7-10(3)5-6-16-12/h5-7,9H,8H2,1-4H3,(H,17,22)(H,20,23)(H,16,18,21)/b19-11-. The highest BCUT2D eigenvalue weighted by Gasteiger charge is 2.13. The van der Waals surface area contributed by atoms with Gasteiger partial charge in [0.1, 0.15) is 5.82 Å². The maximum Gasteiger partial charge on any atom is 0.329 e. The zero-order valence-corrected chi connectivity index (χ0v) is 13.6. The first-order chi connectivity index (χ1) is 10.8. The summed E-state index contributed by atoms with van der Waals surface area (Å²) in [7, 11) is 0. The molecule has 0 radical (unpaired) electrons. The van der Waals surface area contributed by atoms with E-state index in [0.29, 0.717) is 11.5 Å². The molecule has 8 heteroatoms. The van der Waals surface area contributed by atoms with Crippen LogP contribution in [0.3, 0.4) is 0 Å². The second kappa shape index (κ2) is 8.62. The van der Waals surface area contributed by atoms with Crippen molar-refractivity contribution in [2.75, 3.05) is 5.32 Å². The average molecular weight is 319 g/mol. The quantitative estimate of drug-likeness (QED) is 0.422. The van der Waals surface area contributed by atoms with Crippen LogP contribution in [0.2, 0.25) is 0 Å². The number of carbonyl (C=O) groups excluding carboxylic acids is 3. The number of hydrogen-bond acceptors (Lipinski definition) is 5. The van der Waals surface area contributed by atoms with Gasteiger partial charge in [-0.1, -0.05) is 0 Å². The van der Waals surface area contributed by atoms with Crippen molar-refractivity contribution < 1.29 is 14.4 Å². The molecule has 0 aliphatic heterocycles. The SMILES string of the molecule is C/C(CC(=O)Nc1cc(C)ccn1)=N/NC(=O)C(=O)NC(C)C. The Morgan fingerprint density at radius 1 is 1.26 bits per heavy atom. The van der Waals surface area contributed by atoms with Crippen molar-refractivity contribution in [3.8, 4) is 0 Å². The Kier molecular flexibility index (Phi) is 6.85. The van der Waals surface area contributed by atoms with Crippen LogP contribution in [-0.4, -0.2) is 34.5 Å². The molecule has 0 saturated heterocycles. The average Bonchev–Trinajstić information content (AvgIpc) is 2.43. The molecular weight excluding hydrogens is 298 g/mol. The number of nitrogens with one attached hydrogen (secondary N) is 3. The predicted octanol–water partition coefficient (Wildman–Crippen LogP) is 0.735. The Balaban J connectivity index is 2.48. The van der Waals surface area contributed by atoms with Crippen LogP contribution in [0.1, 0.15) is 32.8 Å². The molecule has 0 atom stereocenters. The molecule has 1 heterocycles. The first-order valence-electron chi connectivity index (χ1n) is 7.14. The minimum Gasteiger partial charge on any atom is -0.346 e. The molecule has 1 aromatic heterocycles. The van der Waals surface area contributed by atoms with Crippen LogP contribution in [-0.2, 0) is 14.4 Å². The molecule has 0 aromatic carbocycles. The summed E-state index contributed by atoms with van der Waals surface area (Å²) >= 11 is 0. The number of hydrogen-bond donors (Lipinski definition) is 3. The number of hydrazone groups is 1. The molecule has 8 nitrogen and oxygen atoms in total. The third kappa shape index (κ3) is 7.16. The largest absolute Gasteiger partial charge is 0.346 e. The second-order valence-corrected chi connectivity index (χ2v) is 5.36. The maximum atomic E-state index is 11.8. The van der Waals surface area contributed by atoms with E-state index in [9.17, 15) is 14.4 Å². The summed E-state index contributed by atoms with van der Waals surface area (Å²) in [6.07, 6.45) is 1.57. The number of nitrogens with zero attached hydrogens (tertiary/aromatic N) is 2. The van der Waals surface area contributed by atoms with E-state index in [2.05, 4.69) is 26.1 Å². The lowest BCUT2D eigenvalue weighted by molar-refractivity contribution is -0.139. The summed E-state index contributed by atoms with van der Waals surface area (Å²) in [6, 6.07) is 3.41. The number of amides is 3. The molecule has 0 spiro atoms. The minimum absolute atomic E-state index is 0.0261. The van der Waals surface area contributed by atoms with E-state index in [4.69, 9.17) is 0 Å². The van der Waals surface area contributed by atoms with Crippen molar-refractivity contribution in [2.24, 2.45) is 5.10 Å². The van der Waals surface area contributed by atoms with Crippen molar-refractivity contribution in [3.05, 3.63) is 23.9 Å². The van der Waals surface area contributed by atoms with Gasteiger partial charge in [-0.3, -0.25) is 14.4 Å². The van der Waals surface area contributed by atoms with Gasteiger partial charge in [-0.25, -0.2) is 10.4 Å². The monoisotopic (exact) mass is 319 g/mol. The smallest absolute Gasteiger partial charge is 0.329 e. The van der Waals surface area contributed by atoms with Crippen LogP contribution in [0, 0.1) is 6.92 Å². The summed E-state index contributed by atoms with van der Waals surface area (Å²) in [5, 5.41) is 8.79. The Morgan fingerprint density at radius 3 is 2.57 bits per heavy atom. The lowest BCUT2D eigenvalue weighted by Crippen LogP contribution is -2.41. The van der Waals surface area contributed by atoms with Gasteiger partial charge in [-0.2, -0.15) is 5.10 Å². The van der Waals surface area contributed by atoms with E-state index in [1.807, 2.05) is 13.0 Å². The number of carbonyl (C=O) groups is 3. The molecule has 0 saturated carbocycles. The molecule has 0 aliphatic carbocycles. The van der Waals surface area contributed by atoms with Gasteiger partial charge >= 0.3 is 11.8 Å². The lowest BCUT2D eigenvalue weighted by atomic mass is 10.2. The second-order valence-electron chi connectivity index (χ2n) is 5.36. The van der Waals surface area contributed by atoms with Crippen LogP contribution in [0.25, 0.3) is 0 Å². The van der Waals surface area contributed by atoms with E-state index >= 15 is 0 Å². The highest BCUT2D eigenvalue weighted by molar-refractivity contribution is 6.35. The molecule has 0 unspecified atom stereocenters. The van der Waals surface area contributed by atoms with E-state index in [-0.39, 0.29) is 18.4 Å². The van der Waals surface area contributed by atoms with Gasteiger partial charge in [0.05, 0.1) is 6.42 Å². The Hall–Kier alpha value is -2.77. The Labute approximate surface area is 134 Å². The highest BCUT2D eigenvalue weighted by atomic mass is 16.2. The number of rotatable bonds is 5. The molecule has 3 N–H and O–H groups in total. The van der Waals surface area contributed by atoms with Gasteiger partial charge in [-0.15, -0.1) is 0 Å². The third-order valence-corrected chi connectivity index (χ3v) is 2.57. The third-order valence-electron chi connectivity index (χ3n) is 2.57. The van der Waals surface area contributed by atoms with Gasteiger partial charge < -0.3 is 10.6 Å². The molecule has 1 rings (SSSR count). The van der Waals surface area contributed by atoms with Crippen LogP contribution >= 0.6 is 0 Å². The minimum atomic E-state index is -0.876. The van der Waals surface area contributed by atoms with Crippen molar-refractivity contribution in [1.29, 1.82) is 0 Å². The van der Waals surface area contributed by atoms with Crippen molar-refractivity contribution >= 4 is 29.3 Å². The van der Waals surface area contributed by atoms with Gasteiger partial charge in [0, 0.05) is 18.0 Å². The first-order valence-corrected chi connectivity index (χ1v) is 7.14. The maximum absolute atomic E-state index is 11.8. The molecule has 1 aromatic rings. The van der Waals surface area contributed by atoms with Crippen LogP contribution in [0.15, 0.2) is 23.4 Å².